The van der Waals surface area contributed by atoms with E-state index in [0.717, 1.165) is 0 Å². The Hall–Kier alpha value is -1.57. The van der Waals surface area contributed by atoms with Gasteiger partial charge in [0, 0.05) is 19.4 Å². The molecule has 1 unspecified atom stereocenters. The number of nitrogens with zero attached hydrogens (tertiary/aromatic N) is 1. The lowest BCUT2D eigenvalue weighted by atomic mass is 9.98. The van der Waals surface area contributed by atoms with E-state index in [9.17, 15) is 19.2 Å². The van der Waals surface area contributed by atoms with Gasteiger partial charge in [-0.2, -0.15) is 11.8 Å². The number of amides is 2. The lowest BCUT2D eigenvalue weighted by Gasteiger charge is -2.16. The number of unbranched alkanes of at least 4 members (excludes halogenated alkanes) is 2. The first-order valence-corrected chi connectivity index (χ1v) is 9.65. The summed E-state index contributed by atoms with van der Waals surface area (Å²) in [6, 6.07) is 0. The molecule has 1 heterocycles. The molecule has 2 amide bonds. The lowest BCUT2D eigenvalue weighted by Crippen LogP contribution is -2.32. The van der Waals surface area contributed by atoms with Gasteiger partial charge in [0.15, 0.2) is 0 Å². The van der Waals surface area contributed by atoms with Gasteiger partial charge in [0.05, 0.1) is 10.7 Å². The van der Waals surface area contributed by atoms with Gasteiger partial charge in [0.1, 0.15) is 0 Å². The van der Waals surface area contributed by atoms with E-state index in [1.54, 1.807) is 20.8 Å². The molecule has 7 nitrogen and oxygen atoms in total. The van der Waals surface area contributed by atoms with Gasteiger partial charge in [-0.15, -0.1) is 0 Å². The van der Waals surface area contributed by atoms with E-state index in [1.165, 1.54) is 16.7 Å². The normalized spacial score (nSPS) is 17.8. The van der Waals surface area contributed by atoms with Crippen LogP contribution in [0.3, 0.4) is 0 Å². The number of carbonyl (C=O) groups is 4. The number of hydrogen-bond acceptors (Lipinski definition) is 7. The first-order chi connectivity index (χ1) is 11.7. The highest BCUT2D eigenvalue weighted by Crippen LogP contribution is 2.23. The smallest absolute Gasteiger partial charge is 0.314 e. The van der Waals surface area contributed by atoms with Crippen LogP contribution in [0.25, 0.3) is 0 Å². The fourth-order valence-electron chi connectivity index (χ4n) is 2.23. The van der Waals surface area contributed by atoms with E-state index in [1.807, 2.05) is 6.26 Å². The summed E-state index contributed by atoms with van der Waals surface area (Å²) >= 11 is 1.40. The number of thioether (sulfide) groups is 1. The number of hydrogen-bond donors (Lipinski definition) is 0. The van der Waals surface area contributed by atoms with Crippen molar-refractivity contribution in [2.75, 3.05) is 19.6 Å². The second-order valence-corrected chi connectivity index (χ2v) is 7.98. The van der Waals surface area contributed by atoms with Gasteiger partial charge in [0.2, 0.25) is 18.6 Å². The number of esters is 2. The Morgan fingerprint density at radius 1 is 1.16 bits per heavy atom. The van der Waals surface area contributed by atoms with Crippen LogP contribution in [0.5, 0.6) is 0 Å². The maximum absolute atomic E-state index is 11.9. The van der Waals surface area contributed by atoms with Crippen molar-refractivity contribution in [3.63, 3.8) is 0 Å². The predicted octanol–water partition coefficient (Wildman–Crippen LogP) is 2.13. The molecule has 1 aliphatic rings. The molecule has 0 aromatic carbocycles. The molecule has 0 aromatic rings. The summed E-state index contributed by atoms with van der Waals surface area (Å²) in [4.78, 5) is 48.0. The summed E-state index contributed by atoms with van der Waals surface area (Å²) in [5.74, 6) is -1.09. The predicted molar refractivity (Wildman–Crippen MR) is 93.6 cm³/mol. The van der Waals surface area contributed by atoms with E-state index in [0.29, 0.717) is 25.8 Å². The fourth-order valence-corrected chi connectivity index (χ4v) is 2.86. The van der Waals surface area contributed by atoms with Crippen LogP contribution in [0, 0.1) is 5.41 Å². The van der Waals surface area contributed by atoms with Gasteiger partial charge in [-0.05, 0) is 39.9 Å². The average Bonchev–Trinajstić information content (AvgIpc) is 2.80. The van der Waals surface area contributed by atoms with Crippen molar-refractivity contribution in [2.45, 2.75) is 58.1 Å². The monoisotopic (exact) mass is 373 g/mol. The Balaban J connectivity index is 2.11. The second-order valence-electron chi connectivity index (χ2n) is 6.94. The summed E-state index contributed by atoms with van der Waals surface area (Å²) < 4.78 is 9.70. The number of imide groups is 1. The minimum absolute atomic E-state index is 0.113. The van der Waals surface area contributed by atoms with Crippen molar-refractivity contribution >= 4 is 35.5 Å². The number of ether oxygens (including phenoxy) is 2. The van der Waals surface area contributed by atoms with Crippen LogP contribution < -0.4 is 0 Å². The Morgan fingerprint density at radius 3 is 2.40 bits per heavy atom. The SMILES string of the molecule is CSC1CC(=O)N(CCCCCC(=O)OCOC(=O)C(C)(C)C)C1=O. The summed E-state index contributed by atoms with van der Waals surface area (Å²) in [5.41, 5.74) is -0.633. The van der Waals surface area contributed by atoms with E-state index in [4.69, 9.17) is 9.47 Å². The Morgan fingerprint density at radius 2 is 1.84 bits per heavy atom. The molecule has 1 saturated heterocycles. The molecule has 0 spiro atoms. The Labute approximate surface area is 152 Å². The van der Waals surface area contributed by atoms with Crippen molar-refractivity contribution < 1.29 is 28.7 Å². The summed E-state index contributed by atoms with van der Waals surface area (Å²) in [6.45, 7) is 5.17. The molecule has 0 aliphatic carbocycles. The van der Waals surface area contributed by atoms with E-state index >= 15 is 0 Å². The van der Waals surface area contributed by atoms with E-state index < -0.39 is 17.4 Å². The van der Waals surface area contributed by atoms with Crippen molar-refractivity contribution in [1.82, 2.24) is 4.90 Å². The van der Waals surface area contributed by atoms with Crippen LogP contribution >= 0.6 is 11.8 Å². The molecule has 0 radical (unpaired) electrons. The number of carbonyl (C=O) groups excluding carboxylic acids is 4. The third kappa shape index (κ3) is 7.05. The van der Waals surface area contributed by atoms with Gasteiger partial charge < -0.3 is 9.47 Å². The topological polar surface area (TPSA) is 90.0 Å². The Bertz CT molecular complexity index is 514. The summed E-state index contributed by atoms with van der Waals surface area (Å²) in [6.07, 6.45) is 4.27. The molecule has 0 N–H and O–H groups in total. The fraction of sp³-hybridized carbons (Fsp3) is 0.765. The van der Waals surface area contributed by atoms with Crippen LogP contribution in [-0.2, 0) is 28.7 Å². The van der Waals surface area contributed by atoms with Crippen LogP contribution in [-0.4, -0.2) is 53.5 Å². The molecule has 1 rings (SSSR count). The summed E-state index contributed by atoms with van der Waals surface area (Å²) in [7, 11) is 0. The van der Waals surface area contributed by atoms with Crippen LogP contribution in [0.4, 0.5) is 0 Å². The molecule has 1 atom stereocenters. The second kappa shape index (κ2) is 9.79. The van der Waals surface area contributed by atoms with Crippen molar-refractivity contribution in [3.05, 3.63) is 0 Å². The molecular weight excluding hydrogens is 346 g/mol. The highest BCUT2D eigenvalue weighted by molar-refractivity contribution is 8.00. The first kappa shape index (κ1) is 21.5. The molecule has 0 saturated carbocycles. The third-order valence-corrected chi connectivity index (χ3v) is 4.71. The molecule has 25 heavy (non-hydrogen) atoms. The van der Waals surface area contributed by atoms with Gasteiger partial charge in [-0.3, -0.25) is 24.1 Å². The maximum atomic E-state index is 11.9. The van der Waals surface area contributed by atoms with E-state index in [-0.39, 0.29) is 36.7 Å². The van der Waals surface area contributed by atoms with Crippen LogP contribution in [0.2, 0.25) is 0 Å². The van der Waals surface area contributed by atoms with Crippen LogP contribution in [0.1, 0.15) is 52.9 Å². The zero-order valence-corrected chi connectivity index (χ0v) is 16.1. The highest BCUT2D eigenvalue weighted by atomic mass is 32.2. The lowest BCUT2D eigenvalue weighted by molar-refractivity contribution is -0.173. The molecule has 8 heteroatoms. The molecule has 1 aliphatic heterocycles. The number of rotatable bonds is 9. The molecule has 1 fully saturated rings. The minimum Gasteiger partial charge on any atom is -0.428 e. The zero-order chi connectivity index (χ0) is 19.0. The van der Waals surface area contributed by atoms with Crippen molar-refractivity contribution in [1.29, 1.82) is 0 Å². The van der Waals surface area contributed by atoms with Crippen LogP contribution in [0.15, 0.2) is 0 Å². The largest absolute Gasteiger partial charge is 0.428 e. The minimum atomic E-state index is -0.633. The Kier molecular flexibility index (Phi) is 8.41. The van der Waals surface area contributed by atoms with Gasteiger partial charge in [-0.1, -0.05) is 6.42 Å². The average molecular weight is 373 g/mol. The standard InChI is InChI=1S/C17H27NO6S/c1-17(2,3)16(22)24-11-23-14(20)8-6-5-7-9-18-13(19)10-12(25-4)15(18)21/h12H,5-11H2,1-4H3. The first-order valence-electron chi connectivity index (χ1n) is 8.36. The quantitative estimate of drug-likeness (QED) is 0.265. The summed E-state index contributed by atoms with van der Waals surface area (Å²) in [5, 5.41) is -0.252. The molecule has 142 valence electrons. The van der Waals surface area contributed by atoms with Gasteiger partial charge in [0.25, 0.3) is 0 Å². The van der Waals surface area contributed by atoms with Crippen molar-refractivity contribution in [2.24, 2.45) is 5.41 Å². The molecule has 0 aromatic heterocycles. The number of likely N-dealkylation sites (tertiary alicyclic amines) is 1. The van der Waals surface area contributed by atoms with E-state index in [2.05, 4.69) is 0 Å². The zero-order valence-electron chi connectivity index (χ0n) is 15.3. The van der Waals surface area contributed by atoms with Gasteiger partial charge >= 0.3 is 11.9 Å². The third-order valence-electron chi connectivity index (χ3n) is 3.77. The highest BCUT2D eigenvalue weighted by Gasteiger charge is 2.37. The molecule has 0 bridgehead atoms. The van der Waals surface area contributed by atoms with Gasteiger partial charge in [-0.25, -0.2) is 0 Å². The maximum Gasteiger partial charge on any atom is 0.314 e. The van der Waals surface area contributed by atoms with Crippen molar-refractivity contribution in [3.8, 4) is 0 Å². The molecular formula is C17H27NO6S.